The van der Waals surface area contributed by atoms with Gasteiger partial charge in [-0.3, -0.25) is 9.67 Å². The zero-order valence-electron chi connectivity index (χ0n) is 19.3. The lowest BCUT2D eigenvalue weighted by Gasteiger charge is -2.23. The molecule has 33 heavy (non-hydrogen) atoms. The van der Waals surface area contributed by atoms with Gasteiger partial charge >= 0.3 is 0 Å². The van der Waals surface area contributed by atoms with Gasteiger partial charge in [-0.1, -0.05) is 23.8 Å². The number of benzene rings is 1. The molecule has 2 bridgehead atoms. The molecule has 1 atom stereocenters. The Morgan fingerprint density at radius 1 is 1.18 bits per heavy atom. The first-order valence-electron chi connectivity index (χ1n) is 11.1. The Labute approximate surface area is 193 Å². The van der Waals surface area contributed by atoms with Crippen LogP contribution in [0.2, 0.25) is 0 Å². The van der Waals surface area contributed by atoms with E-state index in [4.69, 9.17) is 20.2 Å². The molecule has 0 saturated heterocycles. The fraction of sp³-hybridized carbons (Fsp3) is 0.269. The fourth-order valence-electron chi connectivity index (χ4n) is 4.55. The Hall–Kier alpha value is -3.87. The second-order valence-corrected chi connectivity index (χ2v) is 8.31. The summed E-state index contributed by atoms with van der Waals surface area (Å²) in [5.41, 5.74) is 14.3. The van der Waals surface area contributed by atoms with Crippen molar-refractivity contribution < 1.29 is 9.47 Å². The van der Waals surface area contributed by atoms with Gasteiger partial charge in [-0.05, 0) is 32.9 Å². The van der Waals surface area contributed by atoms with Gasteiger partial charge in [-0.2, -0.15) is 5.10 Å². The number of aryl methyl sites for hydroxylation is 2. The van der Waals surface area contributed by atoms with Crippen molar-refractivity contribution in [2.45, 2.75) is 39.8 Å². The summed E-state index contributed by atoms with van der Waals surface area (Å²) in [5.74, 6) is 1.71. The highest BCUT2D eigenvalue weighted by Gasteiger charge is 2.24. The number of nitrogen functional groups attached to an aromatic ring is 1. The van der Waals surface area contributed by atoms with Crippen molar-refractivity contribution in [3.8, 4) is 34.0 Å². The molecule has 0 amide bonds. The highest BCUT2D eigenvalue weighted by Crippen LogP contribution is 2.40. The number of methoxy groups -OCH3 is 1. The molecule has 4 aromatic rings. The number of rotatable bonds is 2. The van der Waals surface area contributed by atoms with Crippen molar-refractivity contribution >= 4 is 5.82 Å². The minimum Gasteiger partial charge on any atom is -0.496 e. The highest BCUT2D eigenvalue weighted by molar-refractivity contribution is 5.73. The van der Waals surface area contributed by atoms with E-state index >= 15 is 0 Å². The molecule has 0 unspecified atom stereocenters. The quantitative estimate of drug-likeness (QED) is 0.472. The SMILES string of the molecule is CCn1ncc2c1-c1cnc(N)c(c1)O[C@H](C)c1cc(C)ccc1-c1nccc(OC)c1C2. The van der Waals surface area contributed by atoms with Crippen LogP contribution in [0, 0.1) is 6.92 Å². The zero-order chi connectivity index (χ0) is 23.1. The first-order chi connectivity index (χ1) is 16.0. The van der Waals surface area contributed by atoms with Crippen LogP contribution >= 0.6 is 0 Å². The third-order valence-corrected chi connectivity index (χ3v) is 6.17. The van der Waals surface area contributed by atoms with Gasteiger partial charge in [0, 0.05) is 53.2 Å². The Morgan fingerprint density at radius 2 is 2.03 bits per heavy atom. The third kappa shape index (κ3) is 3.59. The van der Waals surface area contributed by atoms with Crippen LogP contribution in [-0.2, 0) is 13.0 Å². The summed E-state index contributed by atoms with van der Waals surface area (Å²) in [6, 6.07) is 10.2. The molecule has 3 aromatic heterocycles. The van der Waals surface area contributed by atoms with Crippen LogP contribution in [0.5, 0.6) is 11.5 Å². The van der Waals surface area contributed by atoms with E-state index in [-0.39, 0.29) is 6.10 Å². The summed E-state index contributed by atoms with van der Waals surface area (Å²) in [6.07, 6.45) is 5.83. The molecular formula is C26H27N5O2. The normalized spacial score (nSPS) is 14.7. The van der Waals surface area contributed by atoms with Gasteiger partial charge in [0.25, 0.3) is 0 Å². The van der Waals surface area contributed by atoms with Crippen molar-refractivity contribution in [1.82, 2.24) is 19.7 Å². The molecule has 1 aromatic carbocycles. The molecule has 5 rings (SSSR count). The first-order valence-corrected chi connectivity index (χ1v) is 11.1. The monoisotopic (exact) mass is 441 g/mol. The number of hydrogen-bond acceptors (Lipinski definition) is 6. The summed E-state index contributed by atoms with van der Waals surface area (Å²) in [7, 11) is 1.69. The van der Waals surface area contributed by atoms with E-state index in [2.05, 4.69) is 42.1 Å². The van der Waals surface area contributed by atoms with Gasteiger partial charge in [0.1, 0.15) is 11.9 Å². The molecule has 1 aliphatic heterocycles. The van der Waals surface area contributed by atoms with Gasteiger partial charge in [-0.25, -0.2) is 4.98 Å². The van der Waals surface area contributed by atoms with Crippen molar-refractivity contribution in [3.05, 3.63) is 71.2 Å². The topological polar surface area (TPSA) is 88.1 Å². The second-order valence-electron chi connectivity index (χ2n) is 8.31. The smallest absolute Gasteiger partial charge is 0.166 e. The van der Waals surface area contributed by atoms with Crippen molar-refractivity contribution in [2.24, 2.45) is 0 Å². The number of hydrogen-bond donors (Lipinski definition) is 1. The Bertz CT molecular complexity index is 1340. The lowest BCUT2D eigenvalue weighted by molar-refractivity contribution is 0.228. The van der Waals surface area contributed by atoms with E-state index in [1.165, 1.54) is 0 Å². The molecule has 7 nitrogen and oxygen atoms in total. The average Bonchev–Trinajstić information content (AvgIpc) is 3.22. The third-order valence-electron chi connectivity index (χ3n) is 6.17. The maximum Gasteiger partial charge on any atom is 0.166 e. The van der Waals surface area contributed by atoms with Crippen LogP contribution in [0.15, 0.2) is 48.9 Å². The predicted molar refractivity (Wildman–Crippen MR) is 128 cm³/mol. The van der Waals surface area contributed by atoms with E-state index in [1.54, 1.807) is 19.5 Å². The molecular weight excluding hydrogens is 414 g/mol. The number of pyridine rings is 2. The van der Waals surface area contributed by atoms with Crippen LogP contribution < -0.4 is 15.2 Å². The average molecular weight is 442 g/mol. The van der Waals surface area contributed by atoms with Crippen LogP contribution in [0.4, 0.5) is 5.82 Å². The predicted octanol–water partition coefficient (Wildman–Crippen LogP) is 4.97. The maximum atomic E-state index is 6.40. The van der Waals surface area contributed by atoms with Gasteiger partial charge < -0.3 is 15.2 Å². The van der Waals surface area contributed by atoms with Crippen LogP contribution in [0.3, 0.4) is 0 Å². The Morgan fingerprint density at radius 3 is 2.82 bits per heavy atom. The van der Waals surface area contributed by atoms with Gasteiger partial charge in [0.15, 0.2) is 11.6 Å². The maximum absolute atomic E-state index is 6.40. The van der Waals surface area contributed by atoms with Crippen LogP contribution in [-0.4, -0.2) is 26.9 Å². The summed E-state index contributed by atoms with van der Waals surface area (Å²) < 4.78 is 14.2. The van der Waals surface area contributed by atoms with E-state index < -0.39 is 0 Å². The van der Waals surface area contributed by atoms with E-state index in [1.807, 2.05) is 29.9 Å². The lowest BCUT2D eigenvalue weighted by atomic mass is 9.92. The van der Waals surface area contributed by atoms with Gasteiger partial charge in [-0.15, -0.1) is 0 Å². The molecule has 168 valence electrons. The number of anilines is 1. The molecule has 0 radical (unpaired) electrons. The van der Waals surface area contributed by atoms with Gasteiger partial charge in [0.05, 0.1) is 24.7 Å². The van der Waals surface area contributed by atoms with Crippen LogP contribution in [0.1, 0.15) is 42.2 Å². The minimum atomic E-state index is -0.268. The molecule has 2 N–H and O–H groups in total. The molecule has 4 heterocycles. The number of ether oxygens (including phenoxy) is 2. The number of nitrogens with zero attached hydrogens (tertiary/aromatic N) is 4. The summed E-state index contributed by atoms with van der Waals surface area (Å²) in [4.78, 5) is 9.25. The van der Waals surface area contributed by atoms with E-state index in [0.717, 1.165) is 57.1 Å². The Balaban J connectivity index is 1.85. The number of nitrogens with two attached hydrogens (primary N) is 1. The zero-order valence-corrected chi connectivity index (χ0v) is 19.3. The second kappa shape index (κ2) is 8.24. The Kier molecular flexibility index (Phi) is 5.24. The molecule has 7 heteroatoms. The molecule has 0 aliphatic carbocycles. The molecule has 0 saturated carbocycles. The summed E-state index contributed by atoms with van der Waals surface area (Å²) in [5, 5.41) is 4.64. The molecule has 1 aliphatic rings. The van der Waals surface area contributed by atoms with Gasteiger partial charge in [0.2, 0.25) is 0 Å². The fourth-order valence-corrected chi connectivity index (χ4v) is 4.55. The van der Waals surface area contributed by atoms with Crippen molar-refractivity contribution in [3.63, 3.8) is 0 Å². The number of fused-ring (bicyclic) bond motifs is 7. The van der Waals surface area contributed by atoms with Crippen molar-refractivity contribution in [2.75, 3.05) is 12.8 Å². The van der Waals surface area contributed by atoms with E-state index in [9.17, 15) is 0 Å². The molecule has 0 fully saturated rings. The van der Waals surface area contributed by atoms with Crippen molar-refractivity contribution in [1.29, 1.82) is 0 Å². The first kappa shape index (κ1) is 21.0. The van der Waals surface area contributed by atoms with E-state index in [0.29, 0.717) is 18.0 Å². The summed E-state index contributed by atoms with van der Waals surface area (Å²) >= 11 is 0. The largest absolute Gasteiger partial charge is 0.496 e. The number of aromatic nitrogens is 4. The molecule has 0 spiro atoms. The standard InChI is InChI=1S/C26H27N5O2/c1-5-31-25-17(14-30-31)11-21-22(32-4)8-9-28-24(21)19-7-6-15(2)10-20(19)16(3)33-23-12-18(25)13-29-26(23)27/h6-10,12-14,16H,5,11H2,1-4H3,(H2,27,29)/t16-/m1/s1. The summed E-state index contributed by atoms with van der Waals surface area (Å²) in [6.45, 7) is 6.90. The van der Waals surface area contributed by atoms with Crippen LogP contribution in [0.25, 0.3) is 22.5 Å². The minimum absolute atomic E-state index is 0.268. The lowest BCUT2D eigenvalue weighted by Crippen LogP contribution is -2.10. The highest BCUT2D eigenvalue weighted by atomic mass is 16.5.